The maximum Gasteiger partial charge on any atom is 0.341 e. The van der Waals surface area contributed by atoms with Crippen LogP contribution in [-0.2, 0) is 9.53 Å². The molecule has 3 aromatic rings. The maximum absolute atomic E-state index is 12.9. The minimum Gasteiger partial charge on any atom is -0.484 e. The highest BCUT2D eigenvalue weighted by atomic mass is 32.1. The van der Waals surface area contributed by atoms with E-state index < -0.39 is 22.7 Å². The first-order valence-corrected chi connectivity index (χ1v) is 11.0. The molecule has 0 saturated carbocycles. The van der Waals surface area contributed by atoms with Gasteiger partial charge in [-0.25, -0.2) is 4.79 Å². The highest BCUT2D eigenvalue weighted by molar-refractivity contribution is 7.19. The first-order chi connectivity index (χ1) is 16.3. The Labute approximate surface area is 198 Å². The van der Waals surface area contributed by atoms with E-state index in [-0.39, 0.29) is 40.0 Å². The summed E-state index contributed by atoms with van der Waals surface area (Å²) in [5, 5.41) is 16.3. The Hall–Kier alpha value is -4.25. The highest BCUT2D eigenvalue weighted by Gasteiger charge is 2.27. The van der Waals surface area contributed by atoms with Crippen molar-refractivity contribution in [3.63, 3.8) is 0 Å². The third-order valence-electron chi connectivity index (χ3n) is 4.51. The lowest BCUT2D eigenvalue weighted by Gasteiger charge is -2.08. The summed E-state index contributed by atoms with van der Waals surface area (Å²) in [6.45, 7) is 3.00. The van der Waals surface area contributed by atoms with Crippen molar-refractivity contribution in [2.45, 2.75) is 13.8 Å². The molecule has 0 aliphatic heterocycles. The molecule has 0 radical (unpaired) electrons. The second-order valence-electron chi connectivity index (χ2n) is 6.89. The molecule has 0 spiro atoms. The first-order valence-electron chi connectivity index (χ1n) is 10.1. The van der Waals surface area contributed by atoms with Crippen LogP contribution in [0.4, 0.5) is 16.4 Å². The Kier molecular flexibility index (Phi) is 7.93. The fourth-order valence-corrected chi connectivity index (χ4v) is 4.09. The Morgan fingerprint density at radius 1 is 1.06 bits per heavy atom. The fraction of sp³-hybridized carbons (Fsp3) is 0.174. The predicted molar refractivity (Wildman–Crippen MR) is 127 cm³/mol. The maximum atomic E-state index is 12.9. The van der Waals surface area contributed by atoms with E-state index >= 15 is 0 Å². The van der Waals surface area contributed by atoms with Crippen molar-refractivity contribution in [3.8, 4) is 5.75 Å². The molecule has 0 bridgehead atoms. The molecule has 0 fully saturated rings. The molecule has 1 heterocycles. The third kappa shape index (κ3) is 5.95. The Bertz CT molecular complexity index is 1220. The van der Waals surface area contributed by atoms with Crippen LogP contribution in [0.15, 0.2) is 54.6 Å². The van der Waals surface area contributed by atoms with Crippen molar-refractivity contribution >= 4 is 45.5 Å². The van der Waals surface area contributed by atoms with Crippen LogP contribution in [0.5, 0.6) is 5.75 Å². The van der Waals surface area contributed by atoms with E-state index in [1.165, 1.54) is 24.3 Å². The SMILES string of the molecule is CCOC(=O)c1c(NC(=O)COc2ccccc2)sc(C(=O)Nc2cccc([N+](=O)[O-])c2)c1C. The van der Waals surface area contributed by atoms with Crippen molar-refractivity contribution in [2.24, 2.45) is 0 Å². The van der Waals surface area contributed by atoms with Crippen LogP contribution in [-0.4, -0.2) is 35.9 Å². The molecule has 1 aromatic heterocycles. The van der Waals surface area contributed by atoms with Gasteiger partial charge in [0.05, 0.1) is 22.0 Å². The lowest BCUT2D eigenvalue weighted by atomic mass is 10.1. The number of carbonyl (C=O) groups excluding carboxylic acids is 3. The van der Waals surface area contributed by atoms with Gasteiger partial charge in [0.25, 0.3) is 17.5 Å². The number of anilines is 2. The highest BCUT2D eigenvalue weighted by Crippen LogP contribution is 2.34. The van der Waals surface area contributed by atoms with Crippen LogP contribution in [0.2, 0.25) is 0 Å². The molecule has 0 aliphatic carbocycles. The van der Waals surface area contributed by atoms with E-state index in [1.807, 2.05) is 6.07 Å². The van der Waals surface area contributed by atoms with Gasteiger partial charge in [-0.15, -0.1) is 11.3 Å². The normalized spacial score (nSPS) is 10.3. The average Bonchev–Trinajstić information content (AvgIpc) is 3.14. The summed E-state index contributed by atoms with van der Waals surface area (Å²) in [5.74, 6) is -1.30. The Morgan fingerprint density at radius 2 is 1.79 bits per heavy atom. The van der Waals surface area contributed by atoms with Crippen LogP contribution < -0.4 is 15.4 Å². The van der Waals surface area contributed by atoms with E-state index in [9.17, 15) is 24.5 Å². The van der Waals surface area contributed by atoms with E-state index in [0.29, 0.717) is 11.3 Å². The van der Waals surface area contributed by atoms with Crippen LogP contribution >= 0.6 is 11.3 Å². The van der Waals surface area contributed by atoms with E-state index in [4.69, 9.17) is 9.47 Å². The third-order valence-corrected chi connectivity index (χ3v) is 5.72. The number of para-hydroxylation sites is 1. The molecule has 0 aliphatic rings. The smallest absolute Gasteiger partial charge is 0.341 e. The molecule has 176 valence electrons. The zero-order valence-corrected chi connectivity index (χ0v) is 19.1. The molecule has 3 rings (SSSR count). The zero-order chi connectivity index (χ0) is 24.7. The number of esters is 1. The van der Waals surface area contributed by atoms with E-state index in [1.54, 1.807) is 38.1 Å². The van der Waals surface area contributed by atoms with Gasteiger partial charge in [0, 0.05) is 17.8 Å². The average molecular weight is 484 g/mol. The van der Waals surface area contributed by atoms with Crippen molar-refractivity contribution < 1.29 is 28.8 Å². The molecule has 2 amide bonds. The molecule has 0 saturated heterocycles. The quantitative estimate of drug-likeness (QED) is 0.261. The number of nitro benzene ring substituents is 1. The second kappa shape index (κ2) is 11.1. The van der Waals surface area contributed by atoms with Gasteiger partial charge in [-0.05, 0) is 37.6 Å². The number of hydrogen-bond donors (Lipinski definition) is 2. The van der Waals surface area contributed by atoms with Gasteiger partial charge in [0.15, 0.2) is 6.61 Å². The zero-order valence-electron chi connectivity index (χ0n) is 18.3. The van der Waals surface area contributed by atoms with Gasteiger partial charge >= 0.3 is 5.97 Å². The molecular formula is C23H21N3O7S. The second-order valence-corrected chi connectivity index (χ2v) is 7.91. The topological polar surface area (TPSA) is 137 Å². The number of thiophene rings is 1. The molecule has 0 atom stereocenters. The van der Waals surface area contributed by atoms with Gasteiger partial charge in [-0.2, -0.15) is 0 Å². The van der Waals surface area contributed by atoms with Crippen molar-refractivity contribution in [3.05, 3.63) is 80.7 Å². The number of hydrogen-bond acceptors (Lipinski definition) is 8. The number of ether oxygens (including phenoxy) is 2. The van der Waals surface area contributed by atoms with Crippen molar-refractivity contribution in [2.75, 3.05) is 23.8 Å². The number of non-ortho nitro benzene ring substituents is 1. The molecule has 34 heavy (non-hydrogen) atoms. The van der Waals surface area contributed by atoms with Gasteiger partial charge in [0.2, 0.25) is 0 Å². The number of nitro groups is 1. The largest absolute Gasteiger partial charge is 0.484 e. The summed E-state index contributed by atoms with van der Waals surface area (Å²) in [6, 6.07) is 14.2. The minimum atomic E-state index is -0.690. The summed E-state index contributed by atoms with van der Waals surface area (Å²) in [4.78, 5) is 48.5. The van der Waals surface area contributed by atoms with Gasteiger partial charge in [-0.3, -0.25) is 19.7 Å². The molecule has 2 aromatic carbocycles. The predicted octanol–water partition coefficient (Wildman–Crippen LogP) is 4.41. The number of carbonyl (C=O) groups is 3. The molecule has 0 unspecified atom stereocenters. The van der Waals surface area contributed by atoms with Gasteiger partial charge in [-0.1, -0.05) is 24.3 Å². The van der Waals surface area contributed by atoms with Crippen LogP contribution in [0, 0.1) is 17.0 Å². The van der Waals surface area contributed by atoms with Crippen molar-refractivity contribution in [1.82, 2.24) is 0 Å². The minimum absolute atomic E-state index is 0.0594. The number of rotatable bonds is 9. The lowest BCUT2D eigenvalue weighted by Crippen LogP contribution is -2.21. The standard InChI is InChI=1S/C23H21N3O7S/c1-3-32-23(29)19-14(2)20(21(28)24-15-8-7-9-16(12-15)26(30)31)34-22(19)25-18(27)13-33-17-10-5-4-6-11-17/h4-12H,3,13H2,1-2H3,(H,24,28)(H,25,27). The summed E-state index contributed by atoms with van der Waals surface area (Å²) >= 11 is 0.894. The number of amides is 2. The van der Waals surface area contributed by atoms with Crippen LogP contribution in [0.3, 0.4) is 0 Å². The summed E-state index contributed by atoms with van der Waals surface area (Å²) in [6.07, 6.45) is 0. The fourth-order valence-electron chi connectivity index (χ4n) is 2.98. The summed E-state index contributed by atoms with van der Waals surface area (Å²) < 4.78 is 10.5. The Balaban J connectivity index is 1.82. The number of benzene rings is 2. The van der Waals surface area contributed by atoms with E-state index in [0.717, 1.165) is 11.3 Å². The van der Waals surface area contributed by atoms with Crippen LogP contribution in [0.1, 0.15) is 32.5 Å². The van der Waals surface area contributed by atoms with Gasteiger partial charge in [0.1, 0.15) is 10.8 Å². The molecule has 11 heteroatoms. The first kappa shape index (κ1) is 24.4. The Morgan fingerprint density at radius 3 is 2.47 bits per heavy atom. The van der Waals surface area contributed by atoms with Gasteiger partial charge < -0.3 is 20.1 Å². The van der Waals surface area contributed by atoms with Crippen molar-refractivity contribution in [1.29, 1.82) is 0 Å². The lowest BCUT2D eigenvalue weighted by molar-refractivity contribution is -0.384. The molecular weight excluding hydrogens is 462 g/mol. The molecule has 2 N–H and O–H groups in total. The number of nitrogens with zero attached hydrogens (tertiary/aromatic N) is 1. The summed E-state index contributed by atoms with van der Waals surface area (Å²) in [7, 11) is 0. The molecule has 10 nitrogen and oxygen atoms in total. The monoisotopic (exact) mass is 483 g/mol. The summed E-state index contributed by atoms with van der Waals surface area (Å²) in [5.41, 5.74) is 0.403. The van der Waals surface area contributed by atoms with E-state index in [2.05, 4.69) is 10.6 Å². The number of nitrogens with one attached hydrogen (secondary N) is 2. The van der Waals surface area contributed by atoms with Crippen LogP contribution in [0.25, 0.3) is 0 Å².